The molecule has 0 bridgehead atoms. The van der Waals surface area contributed by atoms with E-state index in [1.165, 1.54) is 0 Å². The van der Waals surface area contributed by atoms with Gasteiger partial charge in [-0.3, -0.25) is 9.59 Å². The van der Waals surface area contributed by atoms with Crippen LogP contribution in [0.5, 0.6) is 0 Å². The Morgan fingerprint density at radius 1 is 0.706 bits per heavy atom. The van der Waals surface area contributed by atoms with Crippen LogP contribution in [0.15, 0.2) is 48.6 Å². The summed E-state index contributed by atoms with van der Waals surface area (Å²) in [6.07, 6.45) is 16.2. The first-order chi connectivity index (χ1) is 16.6. The number of ether oxygens (including phenoxy) is 2. The first-order valence-corrected chi connectivity index (χ1v) is 11.5. The normalized spacial score (nSPS) is 23.8. The van der Waals surface area contributed by atoms with Crippen molar-refractivity contribution in [3.05, 3.63) is 71.4 Å². The Balaban J connectivity index is 1.65. The van der Waals surface area contributed by atoms with Crippen molar-refractivity contribution >= 4 is 11.9 Å². The summed E-state index contributed by atoms with van der Waals surface area (Å²) in [7, 11) is 0. The Kier molecular flexibility index (Phi) is 5.95. The van der Waals surface area contributed by atoms with Crippen molar-refractivity contribution in [1.29, 1.82) is 0 Å². The summed E-state index contributed by atoms with van der Waals surface area (Å²) in [5, 5.41) is 17.8. The van der Waals surface area contributed by atoms with Crippen LogP contribution in [0.3, 0.4) is 0 Å². The molecule has 3 aliphatic carbocycles. The number of hydrogen-bond acceptors (Lipinski definition) is 8. The number of rotatable bonds is 6. The van der Waals surface area contributed by atoms with E-state index < -0.39 is 0 Å². The molecule has 0 amide bonds. The van der Waals surface area contributed by atoms with E-state index in [4.69, 9.17) is 9.47 Å². The fourth-order valence-corrected chi connectivity index (χ4v) is 4.98. The quantitative estimate of drug-likeness (QED) is 0.601. The highest BCUT2D eigenvalue weighted by Gasteiger charge is 2.42. The molecule has 34 heavy (non-hydrogen) atoms. The van der Waals surface area contributed by atoms with Crippen LogP contribution in [0.2, 0.25) is 0 Å². The minimum atomic E-state index is -0.360. The van der Waals surface area contributed by atoms with Crippen LogP contribution in [0.4, 0.5) is 0 Å². The highest BCUT2D eigenvalue weighted by atomic mass is 16.5. The average Bonchev–Trinajstić information content (AvgIpc) is 3.42. The molecule has 0 saturated heterocycles. The van der Waals surface area contributed by atoms with Gasteiger partial charge in [0.05, 0.1) is 36.0 Å². The maximum absolute atomic E-state index is 12.3. The second kappa shape index (κ2) is 9.20. The summed E-state index contributed by atoms with van der Waals surface area (Å²) in [6, 6.07) is 0. The Labute approximate surface area is 196 Å². The van der Waals surface area contributed by atoms with Gasteiger partial charge in [-0.05, 0) is 13.8 Å². The highest BCUT2D eigenvalue weighted by molar-refractivity contribution is 5.70. The lowest BCUT2D eigenvalue weighted by Crippen LogP contribution is -2.27. The number of aromatic nitrogens is 6. The first kappa shape index (κ1) is 22.0. The number of allylic oxidation sites excluding steroid dienone is 8. The Hall–Kier alpha value is -3.82. The van der Waals surface area contributed by atoms with E-state index in [9.17, 15) is 9.59 Å². The van der Waals surface area contributed by atoms with E-state index in [1.54, 1.807) is 23.2 Å². The van der Waals surface area contributed by atoms with Gasteiger partial charge in [0.25, 0.3) is 0 Å². The predicted octanol–water partition coefficient (Wildman–Crippen LogP) is 2.30. The Morgan fingerprint density at radius 3 is 1.47 bits per heavy atom. The lowest BCUT2D eigenvalue weighted by Gasteiger charge is -2.33. The minimum absolute atomic E-state index is 0.0176. The van der Waals surface area contributed by atoms with E-state index in [0.717, 1.165) is 22.8 Å². The second-order valence-electron chi connectivity index (χ2n) is 8.29. The Bertz CT molecular complexity index is 1130. The van der Waals surface area contributed by atoms with Gasteiger partial charge in [-0.25, -0.2) is 9.36 Å². The molecule has 0 aliphatic heterocycles. The number of nitrogens with zero attached hydrogens (tertiary/aromatic N) is 6. The van der Waals surface area contributed by atoms with Crippen LogP contribution in [0.1, 0.15) is 60.3 Å². The van der Waals surface area contributed by atoms with Crippen LogP contribution in [0.25, 0.3) is 0 Å². The van der Waals surface area contributed by atoms with Crippen molar-refractivity contribution in [3.8, 4) is 0 Å². The van der Waals surface area contributed by atoms with Gasteiger partial charge in [-0.2, -0.15) is 0 Å². The summed E-state index contributed by atoms with van der Waals surface area (Å²) < 4.78 is 13.6. The molecule has 2 heterocycles. The van der Waals surface area contributed by atoms with Crippen LogP contribution in [-0.4, -0.2) is 55.1 Å². The molecule has 3 aliphatic rings. The van der Waals surface area contributed by atoms with Gasteiger partial charge in [0.15, 0.2) is 0 Å². The van der Waals surface area contributed by atoms with Gasteiger partial charge in [-0.15, -0.1) is 10.2 Å². The fourth-order valence-electron chi connectivity index (χ4n) is 4.98. The lowest BCUT2D eigenvalue weighted by atomic mass is 9.72. The van der Waals surface area contributed by atoms with Crippen LogP contribution >= 0.6 is 0 Å². The highest BCUT2D eigenvalue weighted by Crippen LogP contribution is 2.49. The third-order valence-electron chi connectivity index (χ3n) is 6.30. The van der Waals surface area contributed by atoms with E-state index in [0.29, 0.717) is 13.2 Å². The molecule has 0 aromatic carbocycles. The molecule has 0 N–H and O–H groups in total. The maximum Gasteiger partial charge on any atom is 0.327 e. The lowest BCUT2D eigenvalue weighted by molar-refractivity contribution is -0.145. The van der Waals surface area contributed by atoms with Crippen molar-refractivity contribution < 1.29 is 19.1 Å². The number of esters is 2. The molecule has 0 spiro atoms. The second-order valence-corrected chi connectivity index (χ2v) is 8.29. The SMILES string of the molecule is CCOC(=O)Cn1nnc2c1[C@H]1C=CC=C[C@H]1c1nnn(CC(=O)OCC)c1[C@H]1C=CC=C[C@@H]21. The summed E-state index contributed by atoms with van der Waals surface area (Å²) >= 11 is 0. The predicted molar refractivity (Wildman–Crippen MR) is 121 cm³/mol. The minimum Gasteiger partial charge on any atom is -0.465 e. The molecule has 0 radical (unpaired) electrons. The van der Waals surface area contributed by atoms with E-state index in [2.05, 4.69) is 44.9 Å². The van der Waals surface area contributed by atoms with Crippen molar-refractivity contribution in [2.24, 2.45) is 0 Å². The third kappa shape index (κ3) is 3.78. The summed E-state index contributed by atoms with van der Waals surface area (Å²) in [4.78, 5) is 24.6. The van der Waals surface area contributed by atoms with Gasteiger partial charge in [0.1, 0.15) is 13.1 Å². The monoisotopic (exact) mass is 462 g/mol. The molecule has 4 atom stereocenters. The fraction of sp³-hybridized carbons (Fsp3) is 0.417. The van der Waals surface area contributed by atoms with Crippen molar-refractivity contribution in [1.82, 2.24) is 30.0 Å². The average molecular weight is 463 g/mol. The third-order valence-corrected chi connectivity index (χ3v) is 6.30. The van der Waals surface area contributed by atoms with Gasteiger partial charge < -0.3 is 9.47 Å². The zero-order valence-corrected chi connectivity index (χ0v) is 19.1. The summed E-state index contributed by atoms with van der Waals surface area (Å²) in [5.74, 6) is -1.35. The molecule has 176 valence electrons. The topological polar surface area (TPSA) is 114 Å². The van der Waals surface area contributed by atoms with E-state index in [1.807, 2.05) is 24.3 Å². The molecule has 0 unspecified atom stereocenters. The first-order valence-electron chi connectivity index (χ1n) is 11.5. The van der Waals surface area contributed by atoms with Crippen LogP contribution in [-0.2, 0) is 32.2 Å². The van der Waals surface area contributed by atoms with Gasteiger partial charge in [-0.1, -0.05) is 59.0 Å². The van der Waals surface area contributed by atoms with Crippen molar-refractivity contribution in [2.45, 2.75) is 50.6 Å². The van der Waals surface area contributed by atoms with Crippen molar-refractivity contribution in [2.75, 3.05) is 13.2 Å². The smallest absolute Gasteiger partial charge is 0.327 e. The van der Waals surface area contributed by atoms with E-state index >= 15 is 0 Å². The number of fused-ring (bicyclic) bond motifs is 8. The number of carbonyl (C=O) groups is 2. The molecule has 5 rings (SSSR count). The molecule has 10 nitrogen and oxygen atoms in total. The van der Waals surface area contributed by atoms with Gasteiger partial charge in [0, 0.05) is 23.7 Å². The Morgan fingerprint density at radius 2 is 1.09 bits per heavy atom. The molecular formula is C24H26N6O4. The molecule has 2 aromatic rings. The summed E-state index contributed by atoms with van der Waals surface area (Å²) in [6.45, 7) is 4.12. The summed E-state index contributed by atoms with van der Waals surface area (Å²) in [5.41, 5.74) is 3.30. The molecule has 0 fully saturated rings. The molecule has 2 aromatic heterocycles. The van der Waals surface area contributed by atoms with Crippen LogP contribution in [0, 0.1) is 0 Å². The van der Waals surface area contributed by atoms with Gasteiger partial charge in [0.2, 0.25) is 0 Å². The van der Waals surface area contributed by atoms with Crippen molar-refractivity contribution in [3.63, 3.8) is 0 Å². The standard InChI is InChI=1S/C24H26N6O4/c1-3-33-19(31)13-29-23-17-11-7-5-9-15(17)22-24(30(28-26-22)14-20(32)34-4-2)18-12-8-6-10-16(18)21(23)25-27-29/h5-12,15-18H,3-4,13-14H2,1-2H3/t15-,16-,17+,18+/m1/s1. The number of hydrogen-bond donors (Lipinski definition) is 0. The maximum atomic E-state index is 12.3. The molecular weight excluding hydrogens is 436 g/mol. The number of carbonyl (C=O) groups excluding carboxylic acids is 2. The largest absolute Gasteiger partial charge is 0.465 e. The van der Waals surface area contributed by atoms with Gasteiger partial charge >= 0.3 is 11.9 Å². The van der Waals surface area contributed by atoms with Crippen LogP contribution < -0.4 is 0 Å². The van der Waals surface area contributed by atoms with E-state index in [-0.39, 0.29) is 48.7 Å². The molecule has 10 heteroatoms. The zero-order chi connectivity index (χ0) is 23.7. The zero-order valence-electron chi connectivity index (χ0n) is 19.1. The molecule has 0 saturated carbocycles.